The summed E-state index contributed by atoms with van der Waals surface area (Å²) in [6.07, 6.45) is 2.30. The van der Waals surface area contributed by atoms with Crippen molar-refractivity contribution in [3.05, 3.63) is 41.3 Å². The normalized spacial score (nSPS) is 20.3. The third-order valence-electron chi connectivity index (χ3n) is 3.93. The van der Waals surface area contributed by atoms with E-state index in [2.05, 4.69) is 20.4 Å². The third kappa shape index (κ3) is 1.97. The summed E-state index contributed by atoms with van der Waals surface area (Å²) in [6, 6.07) is 5.60. The molecule has 2 aromatic heterocycles. The van der Waals surface area contributed by atoms with Gasteiger partial charge in [-0.2, -0.15) is 5.10 Å². The molecule has 0 radical (unpaired) electrons. The zero-order valence-corrected chi connectivity index (χ0v) is 12.6. The molecule has 0 saturated heterocycles. The van der Waals surface area contributed by atoms with Gasteiger partial charge in [0.1, 0.15) is 11.4 Å². The van der Waals surface area contributed by atoms with Crippen molar-refractivity contribution >= 4 is 11.4 Å². The van der Waals surface area contributed by atoms with Gasteiger partial charge in [0.2, 0.25) is 0 Å². The lowest BCUT2D eigenvalue weighted by atomic mass is 9.73. The molecule has 0 spiro atoms. The monoisotopic (exact) mass is 299 g/mol. The number of hydrogen-bond acceptors (Lipinski definition) is 6. The first-order valence-corrected chi connectivity index (χ1v) is 6.95. The van der Waals surface area contributed by atoms with Gasteiger partial charge in [-0.15, -0.1) is 0 Å². The summed E-state index contributed by atoms with van der Waals surface area (Å²) < 4.78 is 1.76. The van der Waals surface area contributed by atoms with Crippen LogP contribution >= 0.6 is 0 Å². The number of pyridine rings is 1. The van der Waals surface area contributed by atoms with E-state index in [1.165, 1.54) is 0 Å². The molecule has 0 bridgehead atoms. The average molecular weight is 299 g/mol. The van der Waals surface area contributed by atoms with Crippen LogP contribution in [-0.4, -0.2) is 36.6 Å². The van der Waals surface area contributed by atoms with E-state index in [-0.39, 0.29) is 5.71 Å². The molecular weight excluding hydrogens is 282 g/mol. The molecule has 22 heavy (non-hydrogen) atoms. The Morgan fingerprint density at radius 1 is 1.23 bits per heavy atom. The fraction of sp³-hybridized carbons (Fsp3) is 0.333. The largest absolute Gasteiger partial charge is 0.411 e. The second-order valence-electron chi connectivity index (χ2n) is 5.96. The molecule has 7 heteroatoms. The minimum absolute atomic E-state index is 0.258. The van der Waals surface area contributed by atoms with E-state index in [9.17, 15) is 10.4 Å². The highest BCUT2D eigenvalue weighted by Crippen LogP contribution is 2.35. The van der Waals surface area contributed by atoms with Gasteiger partial charge in [0.15, 0.2) is 5.82 Å². The number of aromatic nitrogens is 3. The van der Waals surface area contributed by atoms with Gasteiger partial charge in [0, 0.05) is 18.0 Å². The van der Waals surface area contributed by atoms with Crippen LogP contribution in [-0.2, 0) is 6.42 Å². The van der Waals surface area contributed by atoms with E-state index in [1.807, 2.05) is 39.0 Å². The number of fused-ring (bicyclic) bond motifs is 1. The summed E-state index contributed by atoms with van der Waals surface area (Å²) in [5.74, 6) is 0.698. The Labute approximate surface area is 127 Å². The maximum absolute atomic E-state index is 9.42. The summed E-state index contributed by atoms with van der Waals surface area (Å²) in [6.45, 7) is 5.69. The minimum Gasteiger partial charge on any atom is -0.411 e. The highest BCUT2D eigenvalue weighted by atomic mass is 16.4. The van der Waals surface area contributed by atoms with Crippen molar-refractivity contribution in [2.75, 3.05) is 0 Å². The van der Waals surface area contributed by atoms with Crippen molar-refractivity contribution in [2.45, 2.75) is 27.2 Å². The van der Waals surface area contributed by atoms with Crippen molar-refractivity contribution in [3.63, 3.8) is 0 Å². The Morgan fingerprint density at radius 2 is 2.00 bits per heavy atom. The Hall–Kier alpha value is -2.70. The van der Waals surface area contributed by atoms with E-state index in [0.717, 1.165) is 5.69 Å². The van der Waals surface area contributed by atoms with Crippen LogP contribution < -0.4 is 0 Å². The molecule has 0 fully saturated rings. The Bertz CT molecular complexity index is 775. The van der Waals surface area contributed by atoms with Crippen LogP contribution in [0.2, 0.25) is 0 Å². The van der Waals surface area contributed by atoms with Crippen molar-refractivity contribution < 1.29 is 10.4 Å². The zero-order chi connectivity index (χ0) is 15.9. The first kappa shape index (κ1) is 14.2. The SMILES string of the molecule is Cc1nn(-c2ccccn2)c2c1C(=N\O)/C(=N\O)C(C)(C)C2. The molecule has 2 aromatic rings. The summed E-state index contributed by atoms with van der Waals surface area (Å²) in [7, 11) is 0. The van der Waals surface area contributed by atoms with Crippen LogP contribution in [0.25, 0.3) is 5.82 Å². The maximum Gasteiger partial charge on any atom is 0.153 e. The van der Waals surface area contributed by atoms with Crippen molar-refractivity contribution in [1.29, 1.82) is 0 Å². The lowest BCUT2D eigenvalue weighted by Crippen LogP contribution is -2.40. The lowest BCUT2D eigenvalue weighted by Gasteiger charge is -2.31. The standard InChI is InChI=1S/C15H17N5O2/c1-9-12-10(20(17-9)11-6-4-5-7-16-11)8-15(2,3)14(19-22)13(12)18-21/h4-7,21-22H,8H2,1-3H3/b18-13+,19-14+. The predicted molar refractivity (Wildman–Crippen MR) is 81.1 cm³/mol. The van der Waals surface area contributed by atoms with Gasteiger partial charge in [0.05, 0.1) is 17.0 Å². The molecule has 0 atom stereocenters. The molecule has 0 amide bonds. The van der Waals surface area contributed by atoms with Gasteiger partial charge in [0.25, 0.3) is 0 Å². The van der Waals surface area contributed by atoms with Crippen LogP contribution in [0.5, 0.6) is 0 Å². The van der Waals surface area contributed by atoms with E-state index >= 15 is 0 Å². The smallest absolute Gasteiger partial charge is 0.153 e. The van der Waals surface area contributed by atoms with Crippen molar-refractivity contribution in [2.24, 2.45) is 15.7 Å². The molecule has 0 saturated carbocycles. The van der Waals surface area contributed by atoms with Crippen molar-refractivity contribution in [1.82, 2.24) is 14.8 Å². The van der Waals surface area contributed by atoms with E-state index in [0.29, 0.717) is 29.2 Å². The third-order valence-corrected chi connectivity index (χ3v) is 3.93. The van der Waals surface area contributed by atoms with Gasteiger partial charge in [-0.25, -0.2) is 9.67 Å². The Kier molecular flexibility index (Phi) is 3.20. The second-order valence-corrected chi connectivity index (χ2v) is 5.96. The molecule has 2 heterocycles. The topological polar surface area (TPSA) is 95.9 Å². The van der Waals surface area contributed by atoms with E-state index in [4.69, 9.17) is 0 Å². The highest BCUT2D eigenvalue weighted by molar-refractivity contribution is 6.50. The van der Waals surface area contributed by atoms with Gasteiger partial charge < -0.3 is 10.4 Å². The number of hydrogen-bond donors (Lipinski definition) is 2. The maximum atomic E-state index is 9.42. The fourth-order valence-corrected chi connectivity index (χ4v) is 2.94. The fourth-order valence-electron chi connectivity index (χ4n) is 2.94. The Morgan fingerprint density at radius 3 is 2.59 bits per heavy atom. The molecule has 1 aliphatic rings. The molecule has 0 aromatic carbocycles. The highest BCUT2D eigenvalue weighted by Gasteiger charge is 2.41. The quantitative estimate of drug-likeness (QED) is 0.623. The van der Waals surface area contributed by atoms with Crippen LogP contribution in [0.4, 0.5) is 0 Å². The summed E-state index contributed by atoms with van der Waals surface area (Å²) in [4.78, 5) is 4.33. The second kappa shape index (κ2) is 4.94. The molecule has 3 rings (SSSR count). The first-order valence-electron chi connectivity index (χ1n) is 6.95. The number of oxime groups is 2. The van der Waals surface area contributed by atoms with Gasteiger partial charge >= 0.3 is 0 Å². The lowest BCUT2D eigenvalue weighted by molar-refractivity contribution is 0.304. The van der Waals surface area contributed by atoms with Crippen LogP contribution in [0.3, 0.4) is 0 Å². The van der Waals surface area contributed by atoms with Crippen LogP contribution in [0.15, 0.2) is 34.7 Å². The Balaban J connectivity index is 2.28. The molecule has 2 N–H and O–H groups in total. The van der Waals surface area contributed by atoms with Crippen molar-refractivity contribution in [3.8, 4) is 5.82 Å². The van der Waals surface area contributed by atoms with Gasteiger partial charge in [-0.3, -0.25) is 0 Å². The molecule has 1 aliphatic carbocycles. The summed E-state index contributed by atoms with van der Waals surface area (Å²) >= 11 is 0. The minimum atomic E-state index is -0.484. The molecule has 7 nitrogen and oxygen atoms in total. The molecule has 0 unspecified atom stereocenters. The first-order chi connectivity index (χ1) is 10.5. The number of rotatable bonds is 1. The predicted octanol–water partition coefficient (Wildman–Crippen LogP) is 2.17. The number of aryl methyl sites for hydroxylation is 1. The zero-order valence-electron chi connectivity index (χ0n) is 12.6. The molecule has 0 aliphatic heterocycles. The summed E-state index contributed by atoms with van der Waals surface area (Å²) in [5, 5.41) is 30.0. The van der Waals surface area contributed by atoms with Crippen LogP contribution in [0, 0.1) is 12.3 Å². The van der Waals surface area contributed by atoms with E-state index < -0.39 is 5.41 Å². The van der Waals surface area contributed by atoms with Gasteiger partial charge in [-0.1, -0.05) is 30.2 Å². The average Bonchev–Trinajstić information content (AvgIpc) is 2.82. The molecular formula is C15H17N5O2. The van der Waals surface area contributed by atoms with Gasteiger partial charge in [-0.05, 0) is 19.1 Å². The molecule has 114 valence electrons. The van der Waals surface area contributed by atoms with E-state index in [1.54, 1.807) is 10.9 Å². The summed E-state index contributed by atoms with van der Waals surface area (Å²) in [5.41, 5.74) is 2.41. The van der Waals surface area contributed by atoms with Crippen LogP contribution in [0.1, 0.15) is 30.8 Å². The number of nitrogens with zero attached hydrogens (tertiary/aromatic N) is 5.